The number of nitrogens with one attached hydrogen (secondary N) is 2. The first-order chi connectivity index (χ1) is 9.85. The van der Waals surface area contributed by atoms with Gasteiger partial charge in [-0.1, -0.05) is 38.5 Å². The Morgan fingerprint density at radius 2 is 1.95 bits per heavy atom. The molecule has 2 atom stereocenters. The third kappa shape index (κ3) is 5.39. The highest BCUT2D eigenvalue weighted by Gasteiger charge is 2.26. The normalized spacial score (nSPS) is 13.8. The van der Waals surface area contributed by atoms with Gasteiger partial charge < -0.3 is 10.4 Å². The minimum atomic E-state index is -1.12. The number of aromatic nitrogens is 2. The Hall–Kier alpha value is -1.54. The average molecular weight is 314 g/mol. The standard InChI is InChI=1S/C13H22N4O3S/c1-5-6-9(14-12(20)10(18)7(2)3)11(19)15-13-17-16-8(4)21-13/h7,9-10,18H,5-6H2,1-4H3,(H,14,20)(H,15,17,19). The van der Waals surface area contributed by atoms with Crippen LogP contribution >= 0.6 is 11.3 Å². The van der Waals surface area contributed by atoms with Crippen LogP contribution in [0.25, 0.3) is 0 Å². The summed E-state index contributed by atoms with van der Waals surface area (Å²) in [7, 11) is 0. The Labute approximate surface area is 128 Å². The second-order valence-corrected chi connectivity index (χ2v) is 6.34. The summed E-state index contributed by atoms with van der Waals surface area (Å²) >= 11 is 1.27. The molecule has 1 aromatic rings. The van der Waals surface area contributed by atoms with Gasteiger partial charge in [-0.05, 0) is 19.3 Å². The second-order valence-electron chi connectivity index (χ2n) is 5.15. The number of carbonyl (C=O) groups is 2. The van der Waals surface area contributed by atoms with Gasteiger partial charge in [0.1, 0.15) is 17.2 Å². The van der Waals surface area contributed by atoms with Crippen LogP contribution in [-0.2, 0) is 9.59 Å². The summed E-state index contributed by atoms with van der Waals surface area (Å²) in [6.45, 7) is 7.18. The molecule has 0 radical (unpaired) electrons. The number of aryl methyl sites for hydroxylation is 1. The van der Waals surface area contributed by atoms with Crippen LogP contribution in [0.2, 0.25) is 0 Å². The van der Waals surface area contributed by atoms with Crippen LogP contribution in [0.15, 0.2) is 0 Å². The number of anilines is 1. The highest BCUT2D eigenvalue weighted by Crippen LogP contribution is 2.14. The molecule has 0 aliphatic rings. The lowest BCUT2D eigenvalue weighted by molar-refractivity contribution is -0.134. The molecule has 1 aromatic heterocycles. The Morgan fingerprint density at radius 3 is 2.43 bits per heavy atom. The third-order valence-corrected chi connectivity index (χ3v) is 3.62. The van der Waals surface area contributed by atoms with Crippen molar-refractivity contribution in [1.82, 2.24) is 15.5 Å². The van der Waals surface area contributed by atoms with Crippen LogP contribution in [0.5, 0.6) is 0 Å². The lowest BCUT2D eigenvalue weighted by Gasteiger charge is -2.20. The quantitative estimate of drug-likeness (QED) is 0.699. The maximum absolute atomic E-state index is 12.2. The van der Waals surface area contributed by atoms with E-state index in [0.717, 1.165) is 11.4 Å². The van der Waals surface area contributed by atoms with Gasteiger partial charge in [-0.2, -0.15) is 0 Å². The minimum Gasteiger partial charge on any atom is -0.383 e. The van der Waals surface area contributed by atoms with E-state index in [-0.39, 0.29) is 11.8 Å². The third-order valence-electron chi connectivity index (χ3n) is 2.87. The van der Waals surface area contributed by atoms with Crippen molar-refractivity contribution in [2.45, 2.75) is 52.7 Å². The molecule has 0 aliphatic heterocycles. The zero-order chi connectivity index (χ0) is 16.0. The molecule has 2 amide bonds. The van der Waals surface area contributed by atoms with Crippen molar-refractivity contribution in [2.75, 3.05) is 5.32 Å². The van der Waals surface area contributed by atoms with Gasteiger partial charge in [0.05, 0.1) is 0 Å². The molecule has 0 saturated carbocycles. The van der Waals surface area contributed by atoms with Crippen LogP contribution in [0, 0.1) is 12.8 Å². The Balaban J connectivity index is 2.67. The van der Waals surface area contributed by atoms with E-state index in [1.54, 1.807) is 20.8 Å². The summed E-state index contributed by atoms with van der Waals surface area (Å²) in [5, 5.41) is 23.7. The van der Waals surface area contributed by atoms with Crippen molar-refractivity contribution < 1.29 is 14.7 Å². The molecule has 0 aliphatic carbocycles. The van der Waals surface area contributed by atoms with Crippen LogP contribution in [0.1, 0.15) is 38.6 Å². The Morgan fingerprint density at radius 1 is 1.29 bits per heavy atom. The minimum absolute atomic E-state index is 0.207. The van der Waals surface area contributed by atoms with Gasteiger partial charge in [0.15, 0.2) is 0 Å². The zero-order valence-corrected chi connectivity index (χ0v) is 13.5. The van der Waals surface area contributed by atoms with Crippen molar-refractivity contribution >= 4 is 28.3 Å². The molecule has 7 nitrogen and oxygen atoms in total. The maximum Gasteiger partial charge on any atom is 0.249 e. The molecule has 118 valence electrons. The number of nitrogens with zero attached hydrogens (tertiary/aromatic N) is 2. The topological polar surface area (TPSA) is 104 Å². The molecule has 8 heteroatoms. The predicted molar refractivity (Wildman–Crippen MR) is 81.0 cm³/mol. The van der Waals surface area contributed by atoms with Gasteiger partial charge in [0.2, 0.25) is 16.9 Å². The molecule has 3 N–H and O–H groups in total. The maximum atomic E-state index is 12.2. The van der Waals surface area contributed by atoms with Gasteiger partial charge in [-0.25, -0.2) is 0 Å². The molecule has 1 heterocycles. The van der Waals surface area contributed by atoms with Crippen molar-refractivity contribution in [3.8, 4) is 0 Å². The monoisotopic (exact) mass is 314 g/mol. The molecule has 0 spiro atoms. The van der Waals surface area contributed by atoms with Crippen LogP contribution in [-0.4, -0.2) is 39.3 Å². The van der Waals surface area contributed by atoms with Crippen molar-refractivity contribution in [1.29, 1.82) is 0 Å². The van der Waals surface area contributed by atoms with Gasteiger partial charge >= 0.3 is 0 Å². The molecule has 0 saturated heterocycles. The van der Waals surface area contributed by atoms with E-state index in [2.05, 4.69) is 20.8 Å². The van der Waals surface area contributed by atoms with Gasteiger partial charge in [0.25, 0.3) is 0 Å². The molecule has 0 bridgehead atoms. The summed E-state index contributed by atoms with van der Waals surface area (Å²) in [5.74, 6) is -1.09. The summed E-state index contributed by atoms with van der Waals surface area (Å²) in [6, 6.07) is -0.694. The van der Waals surface area contributed by atoms with E-state index in [1.807, 2.05) is 6.92 Å². The molecule has 2 unspecified atom stereocenters. The Kier molecular flexibility index (Phi) is 6.70. The fourth-order valence-corrected chi connectivity index (χ4v) is 2.25. The van der Waals surface area contributed by atoms with Gasteiger partial charge in [-0.3, -0.25) is 14.9 Å². The highest BCUT2D eigenvalue weighted by molar-refractivity contribution is 7.15. The first kappa shape index (κ1) is 17.5. The van der Waals surface area contributed by atoms with Gasteiger partial charge in [0, 0.05) is 0 Å². The first-order valence-electron chi connectivity index (χ1n) is 6.94. The first-order valence-corrected chi connectivity index (χ1v) is 7.76. The SMILES string of the molecule is CCCC(NC(=O)C(O)C(C)C)C(=O)Nc1nnc(C)s1. The molecule has 0 fully saturated rings. The summed E-state index contributed by atoms with van der Waals surface area (Å²) in [6.07, 6.45) is 0.0896. The molecule has 1 rings (SSSR count). The van der Waals surface area contributed by atoms with Crippen LogP contribution in [0.3, 0.4) is 0 Å². The van der Waals surface area contributed by atoms with Gasteiger partial charge in [-0.15, -0.1) is 10.2 Å². The van der Waals surface area contributed by atoms with E-state index >= 15 is 0 Å². The fourth-order valence-electron chi connectivity index (χ4n) is 1.66. The number of hydrogen-bond acceptors (Lipinski definition) is 6. The molecular formula is C13H22N4O3S. The number of aliphatic hydroxyl groups excluding tert-OH is 1. The van der Waals surface area contributed by atoms with E-state index in [9.17, 15) is 14.7 Å². The number of hydrogen-bond donors (Lipinski definition) is 3. The van der Waals surface area contributed by atoms with Crippen LogP contribution < -0.4 is 10.6 Å². The molecule has 21 heavy (non-hydrogen) atoms. The number of carbonyl (C=O) groups excluding carboxylic acids is 2. The summed E-state index contributed by atoms with van der Waals surface area (Å²) in [5.41, 5.74) is 0. The van der Waals surface area contributed by atoms with Crippen molar-refractivity contribution in [2.24, 2.45) is 5.92 Å². The van der Waals surface area contributed by atoms with E-state index in [0.29, 0.717) is 11.6 Å². The number of amides is 2. The van der Waals surface area contributed by atoms with E-state index in [4.69, 9.17) is 0 Å². The average Bonchev–Trinajstić information content (AvgIpc) is 2.82. The van der Waals surface area contributed by atoms with Crippen molar-refractivity contribution in [3.63, 3.8) is 0 Å². The molecule has 0 aromatic carbocycles. The van der Waals surface area contributed by atoms with Crippen LogP contribution in [0.4, 0.5) is 5.13 Å². The second kappa shape index (κ2) is 8.04. The number of rotatable bonds is 7. The molecular weight excluding hydrogens is 292 g/mol. The van der Waals surface area contributed by atoms with E-state index in [1.165, 1.54) is 11.3 Å². The lowest BCUT2D eigenvalue weighted by Crippen LogP contribution is -2.48. The smallest absolute Gasteiger partial charge is 0.249 e. The fraction of sp³-hybridized carbons (Fsp3) is 0.692. The van der Waals surface area contributed by atoms with Crippen molar-refractivity contribution in [3.05, 3.63) is 5.01 Å². The summed E-state index contributed by atoms with van der Waals surface area (Å²) < 4.78 is 0. The lowest BCUT2D eigenvalue weighted by atomic mass is 10.1. The zero-order valence-electron chi connectivity index (χ0n) is 12.7. The highest BCUT2D eigenvalue weighted by atomic mass is 32.1. The Bertz CT molecular complexity index is 490. The summed E-state index contributed by atoms with van der Waals surface area (Å²) in [4.78, 5) is 24.0. The van der Waals surface area contributed by atoms with E-state index < -0.39 is 18.1 Å². The largest absolute Gasteiger partial charge is 0.383 e. The predicted octanol–water partition coefficient (Wildman–Crippen LogP) is 1.09. The number of aliphatic hydroxyl groups is 1.